The molecule has 0 aliphatic carbocycles. The molecule has 2 aromatic rings. The predicted octanol–water partition coefficient (Wildman–Crippen LogP) is 4.08. The Morgan fingerprint density at radius 1 is 1.00 bits per heavy atom. The van der Waals surface area contributed by atoms with Gasteiger partial charge in [-0.25, -0.2) is 13.6 Å². The third kappa shape index (κ3) is 4.61. The van der Waals surface area contributed by atoms with E-state index in [2.05, 4.69) is 10.6 Å². The summed E-state index contributed by atoms with van der Waals surface area (Å²) in [7, 11) is 0. The smallest absolute Gasteiger partial charge is 0.319 e. The second kappa shape index (κ2) is 8.16. The van der Waals surface area contributed by atoms with Crippen LogP contribution in [-0.4, -0.2) is 29.9 Å². The van der Waals surface area contributed by atoms with E-state index in [-0.39, 0.29) is 5.91 Å². The number of hydrogen-bond donors (Lipinski definition) is 2. The molecule has 1 fully saturated rings. The zero-order valence-corrected chi connectivity index (χ0v) is 15.0. The molecule has 1 aliphatic rings. The van der Waals surface area contributed by atoms with Crippen LogP contribution < -0.4 is 10.6 Å². The van der Waals surface area contributed by atoms with E-state index in [0.29, 0.717) is 16.8 Å². The third-order valence-electron chi connectivity index (χ3n) is 4.57. The molecule has 0 unspecified atom stereocenters. The van der Waals surface area contributed by atoms with E-state index >= 15 is 0 Å². The summed E-state index contributed by atoms with van der Waals surface area (Å²) in [5, 5.41) is 5.32. The molecule has 3 rings (SSSR count). The highest BCUT2D eigenvalue weighted by Crippen LogP contribution is 2.17. The number of rotatable bonds is 4. The SMILES string of the molecule is C[C@@H](NC(=O)Nc1ccc(C(=O)N2CCCC2)cc1)c1ccc(F)c(F)c1. The fourth-order valence-corrected chi connectivity index (χ4v) is 3.03. The lowest BCUT2D eigenvalue weighted by Gasteiger charge is -2.16. The maximum Gasteiger partial charge on any atom is 0.319 e. The summed E-state index contributed by atoms with van der Waals surface area (Å²) in [6, 6.07) is 9.18. The molecular weight excluding hydrogens is 352 g/mol. The molecule has 1 aliphatic heterocycles. The summed E-state index contributed by atoms with van der Waals surface area (Å²) in [6.07, 6.45) is 2.06. The molecule has 27 heavy (non-hydrogen) atoms. The lowest BCUT2D eigenvalue weighted by Crippen LogP contribution is -2.31. The minimum absolute atomic E-state index is 0.00420. The number of nitrogens with zero attached hydrogens (tertiary/aromatic N) is 1. The fourth-order valence-electron chi connectivity index (χ4n) is 3.03. The van der Waals surface area contributed by atoms with E-state index in [0.717, 1.165) is 38.1 Å². The van der Waals surface area contributed by atoms with Crippen molar-refractivity contribution in [3.8, 4) is 0 Å². The van der Waals surface area contributed by atoms with Crippen molar-refractivity contribution in [2.75, 3.05) is 18.4 Å². The first-order valence-corrected chi connectivity index (χ1v) is 8.86. The molecule has 0 bridgehead atoms. The van der Waals surface area contributed by atoms with Gasteiger partial charge in [-0.15, -0.1) is 0 Å². The van der Waals surface area contributed by atoms with Crippen LogP contribution in [0.3, 0.4) is 0 Å². The Morgan fingerprint density at radius 2 is 1.67 bits per heavy atom. The van der Waals surface area contributed by atoms with Gasteiger partial charge in [-0.3, -0.25) is 4.79 Å². The first-order chi connectivity index (χ1) is 12.9. The molecule has 0 saturated carbocycles. The standard InChI is InChI=1S/C20H21F2N3O2/c1-13(15-6-9-17(21)18(22)12-15)23-20(27)24-16-7-4-14(5-8-16)19(26)25-10-2-3-11-25/h4-9,12-13H,2-3,10-11H2,1H3,(H2,23,24,27)/t13-/m1/s1. The van der Waals surface area contributed by atoms with Crippen molar-refractivity contribution in [2.24, 2.45) is 0 Å². The fraction of sp³-hybridized carbons (Fsp3) is 0.300. The molecule has 5 nitrogen and oxygen atoms in total. The minimum atomic E-state index is -0.959. The number of hydrogen-bond acceptors (Lipinski definition) is 2. The average Bonchev–Trinajstić information content (AvgIpc) is 3.18. The van der Waals surface area contributed by atoms with Crippen molar-refractivity contribution in [1.29, 1.82) is 0 Å². The largest absolute Gasteiger partial charge is 0.339 e. The normalized spacial score (nSPS) is 14.7. The van der Waals surface area contributed by atoms with Crippen molar-refractivity contribution < 1.29 is 18.4 Å². The Labute approximate surface area is 156 Å². The molecule has 7 heteroatoms. The maximum absolute atomic E-state index is 13.3. The van der Waals surface area contributed by atoms with E-state index in [1.54, 1.807) is 31.2 Å². The number of amides is 3. The summed E-state index contributed by atoms with van der Waals surface area (Å²) < 4.78 is 26.3. The van der Waals surface area contributed by atoms with E-state index in [1.165, 1.54) is 6.07 Å². The number of nitrogens with one attached hydrogen (secondary N) is 2. The highest BCUT2D eigenvalue weighted by atomic mass is 19.2. The van der Waals surface area contributed by atoms with Crippen LogP contribution in [0.15, 0.2) is 42.5 Å². The maximum atomic E-state index is 13.3. The predicted molar refractivity (Wildman–Crippen MR) is 98.5 cm³/mol. The van der Waals surface area contributed by atoms with Crippen molar-refractivity contribution in [1.82, 2.24) is 10.2 Å². The summed E-state index contributed by atoms with van der Waals surface area (Å²) in [5.41, 5.74) is 1.57. The van der Waals surface area contributed by atoms with Crippen LogP contribution in [0.1, 0.15) is 41.7 Å². The van der Waals surface area contributed by atoms with Gasteiger partial charge in [-0.2, -0.15) is 0 Å². The highest BCUT2D eigenvalue weighted by molar-refractivity contribution is 5.95. The van der Waals surface area contributed by atoms with Gasteiger partial charge in [0.15, 0.2) is 11.6 Å². The number of benzene rings is 2. The molecule has 2 N–H and O–H groups in total. The molecular formula is C20H21F2N3O2. The summed E-state index contributed by atoms with van der Waals surface area (Å²) in [4.78, 5) is 26.2. The number of carbonyl (C=O) groups is 2. The third-order valence-corrected chi connectivity index (χ3v) is 4.57. The lowest BCUT2D eigenvalue weighted by molar-refractivity contribution is 0.0793. The van der Waals surface area contributed by atoms with Gasteiger partial charge in [0.25, 0.3) is 5.91 Å². The minimum Gasteiger partial charge on any atom is -0.339 e. The molecule has 0 aromatic heterocycles. The zero-order chi connectivity index (χ0) is 19.4. The van der Waals surface area contributed by atoms with E-state index in [9.17, 15) is 18.4 Å². The van der Waals surface area contributed by atoms with Gasteiger partial charge >= 0.3 is 6.03 Å². The molecule has 3 amide bonds. The van der Waals surface area contributed by atoms with Crippen LogP contribution in [0.2, 0.25) is 0 Å². The van der Waals surface area contributed by atoms with Gasteiger partial charge in [0.2, 0.25) is 0 Å². The number of carbonyl (C=O) groups excluding carboxylic acids is 2. The topological polar surface area (TPSA) is 61.4 Å². The van der Waals surface area contributed by atoms with Gasteiger partial charge in [-0.05, 0) is 61.7 Å². The van der Waals surface area contributed by atoms with Crippen LogP contribution in [0.5, 0.6) is 0 Å². The van der Waals surface area contributed by atoms with Crippen LogP contribution in [-0.2, 0) is 0 Å². The molecule has 0 radical (unpaired) electrons. The van der Waals surface area contributed by atoms with Crippen LogP contribution in [0.4, 0.5) is 19.3 Å². The molecule has 1 heterocycles. The molecule has 1 saturated heterocycles. The molecule has 0 spiro atoms. The number of likely N-dealkylation sites (tertiary alicyclic amines) is 1. The Hall–Kier alpha value is -2.96. The first kappa shape index (κ1) is 18.8. The van der Waals surface area contributed by atoms with Crippen molar-refractivity contribution in [2.45, 2.75) is 25.8 Å². The average molecular weight is 373 g/mol. The van der Waals surface area contributed by atoms with E-state index < -0.39 is 23.7 Å². The zero-order valence-electron chi connectivity index (χ0n) is 15.0. The van der Waals surface area contributed by atoms with Crippen molar-refractivity contribution in [3.05, 3.63) is 65.2 Å². The number of anilines is 1. The summed E-state index contributed by atoms with van der Waals surface area (Å²) in [6.45, 7) is 3.23. The van der Waals surface area contributed by atoms with Gasteiger partial charge in [0, 0.05) is 24.3 Å². The molecule has 1 atom stereocenters. The highest BCUT2D eigenvalue weighted by Gasteiger charge is 2.19. The number of urea groups is 1. The number of halogens is 2. The quantitative estimate of drug-likeness (QED) is 0.848. The first-order valence-electron chi connectivity index (χ1n) is 8.86. The summed E-state index contributed by atoms with van der Waals surface area (Å²) in [5.74, 6) is -1.89. The van der Waals surface area contributed by atoms with Gasteiger partial charge in [0.05, 0.1) is 6.04 Å². The summed E-state index contributed by atoms with van der Waals surface area (Å²) >= 11 is 0. The Balaban J connectivity index is 1.57. The Bertz CT molecular complexity index is 834. The van der Waals surface area contributed by atoms with Gasteiger partial charge in [-0.1, -0.05) is 6.07 Å². The van der Waals surface area contributed by atoms with Gasteiger partial charge < -0.3 is 15.5 Å². The van der Waals surface area contributed by atoms with Crippen LogP contribution in [0, 0.1) is 11.6 Å². The Kier molecular flexibility index (Phi) is 5.69. The second-order valence-electron chi connectivity index (χ2n) is 6.57. The second-order valence-corrected chi connectivity index (χ2v) is 6.57. The Morgan fingerprint density at radius 3 is 2.30 bits per heavy atom. The van der Waals surface area contributed by atoms with E-state index in [1.807, 2.05) is 4.90 Å². The van der Waals surface area contributed by atoms with Crippen molar-refractivity contribution >= 4 is 17.6 Å². The molecule has 142 valence electrons. The molecule has 2 aromatic carbocycles. The van der Waals surface area contributed by atoms with Crippen LogP contribution >= 0.6 is 0 Å². The van der Waals surface area contributed by atoms with E-state index in [4.69, 9.17) is 0 Å². The van der Waals surface area contributed by atoms with Crippen molar-refractivity contribution in [3.63, 3.8) is 0 Å². The lowest BCUT2D eigenvalue weighted by atomic mass is 10.1. The van der Waals surface area contributed by atoms with Crippen LogP contribution in [0.25, 0.3) is 0 Å². The monoisotopic (exact) mass is 373 g/mol. The van der Waals surface area contributed by atoms with Gasteiger partial charge in [0.1, 0.15) is 0 Å².